The summed E-state index contributed by atoms with van der Waals surface area (Å²) in [4.78, 5) is 21.2. The Bertz CT molecular complexity index is 3420. The number of rotatable bonds is 4. The molecule has 3 aliphatic rings. The van der Waals surface area contributed by atoms with E-state index in [1.54, 1.807) is 0 Å². The van der Waals surface area contributed by atoms with Crippen molar-refractivity contribution in [3.05, 3.63) is 295 Å². The summed E-state index contributed by atoms with van der Waals surface area (Å²) in [7, 11) is 0. The standard InChI is InChI=1S/C44H28N4.3C8H5.C4H8O.Li.Zr/c1-5-13-29(14-6-1)41-33-21-23-35(45-33)42(30-15-7-2-8-16-30)37-25-27-39(47-37)44(32-19-11-4-12-20-32)40-28-26-38(48-40)43(31-17-9-3-10-18-31)36-24-22-34(41)46-36;3*1-2-8-6-4-3-5-7-8;1-2-4-5-3-1;;/h1-28H;3*3-7H;1-4H2;;/q-2;3*-1;;+1;+4. The molecule has 0 saturated carbocycles. The molecule has 0 spiro atoms. The molecule has 8 bridgehead atoms. The third kappa shape index (κ3) is 15.5. The zero-order chi connectivity index (χ0) is 52.9. The predicted octanol–water partition coefficient (Wildman–Crippen LogP) is 13.3. The summed E-state index contributed by atoms with van der Waals surface area (Å²) in [6.07, 6.45) is 31.0. The topological polar surface area (TPSA) is 63.2 Å². The normalized spacial score (nSPS) is 11.2. The average molecular weight is 1090 g/mol. The minimum atomic E-state index is 0. The molecule has 6 heterocycles. The van der Waals surface area contributed by atoms with Gasteiger partial charge in [0.1, 0.15) is 0 Å². The number of hydrogen-bond donors (Lipinski definition) is 0. The van der Waals surface area contributed by atoms with Gasteiger partial charge >= 0.3 is 45.1 Å². The quantitative estimate of drug-likeness (QED) is 0.0998. The van der Waals surface area contributed by atoms with Gasteiger partial charge in [-0.1, -0.05) is 200 Å². The molecule has 3 aliphatic heterocycles. The molecule has 13 rings (SSSR count). The van der Waals surface area contributed by atoms with Crippen LogP contribution in [0, 0.1) is 37.0 Å². The van der Waals surface area contributed by atoms with E-state index in [1.165, 1.54) is 12.8 Å². The van der Waals surface area contributed by atoms with Crippen LogP contribution in [-0.4, -0.2) is 23.2 Å². The van der Waals surface area contributed by atoms with Crippen molar-refractivity contribution in [1.82, 2.24) is 19.9 Å². The second-order valence-electron chi connectivity index (χ2n) is 17.6. The number of nitrogens with zero attached hydrogens (tertiary/aromatic N) is 4. The van der Waals surface area contributed by atoms with Crippen LogP contribution in [0.5, 0.6) is 0 Å². The molecule has 79 heavy (non-hydrogen) atoms. The van der Waals surface area contributed by atoms with Gasteiger partial charge in [-0.15, -0.1) is 75.2 Å². The zero-order valence-corrected chi connectivity index (χ0v) is 46.3. The Morgan fingerprint density at radius 1 is 0.316 bits per heavy atom. The van der Waals surface area contributed by atoms with Gasteiger partial charge in [-0.25, -0.2) is 9.97 Å². The average Bonchev–Trinajstić information content (AvgIpc) is 4.42. The minimum Gasteiger partial charge on any atom is -0.657 e. The van der Waals surface area contributed by atoms with E-state index >= 15 is 0 Å². The first-order chi connectivity index (χ1) is 38.1. The molecule has 370 valence electrons. The van der Waals surface area contributed by atoms with Gasteiger partial charge in [0.25, 0.3) is 0 Å². The zero-order valence-electron chi connectivity index (χ0n) is 43.9. The minimum absolute atomic E-state index is 0. The summed E-state index contributed by atoms with van der Waals surface area (Å²) in [5.41, 5.74) is 17.5. The van der Waals surface area contributed by atoms with Gasteiger partial charge in [0.15, 0.2) is 0 Å². The monoisotopic (exact) mass is 1080 g/mol. The number of hydrogen-bond acceptors (Lipinski definition) is 3. The number of benzene rings is 7. The van der Waals surface area contributed by atoms with Gasteiger partial charge in [-0.2, -0.15) is 0 Å². The van der Waals surface area contributed by atoms with Crippen LogP contribution in [0.3, 0.4) is 0 Å². The molecule has 1 fully saturated rings. The van der Waals surface area contributed by atoms with Crippen LogP contribution in [0.25, 0.3) is 90.9 Å². The molecular formula is C72H51LiN4OZr. The van der Waals surface area contributed by atoms with Gasteiger partial charge in [-0.3, -0.25) is 17.8 Å². The fraction of sp³-hybridized carbons (Fsp3) is 0.0556. The smallest absolute Gasteiger partial charge is 0.657 e. The van der Waals surface area contributed by atoms with Crippen LogP contribution in [0.15, 0.2) is 237 Å². The Labute approximate surface area is 496 Å². The second-order valence-corrected chi connectivity index (χ2v) is 17.6. The van der Waals surface area contributed by atoms with Gasteiger partial charge in [0.05, 0.1) is 22.8 Å². The van der Waals surface area contributed by atoms with Crippen LogP contribution in [0.4, 0.5) is 0 Å². The van der Waals surface area contributed by atoms with Crippen molar-refractivity contribution < 1.29 is 49.8 Å². The van der Waals surface area contributed by atoms with Crippen molar-refractivity contribution in [2.75, 3.05) is 13.2 Å². The number of fused-ring (bicyclic) bond motifs is 8. The molecule has 7 heteroatoms. The van der Waals surface area contributed by atoms with Gasteiger partial charge < -0.3 is 34.0 Å². The van der Waals surface area contributed by atoms with E-state index in [-0.39, 0.29) is 45.1 Å². The summed E-state index contributed by atoms with van der Waals surface area (Å²) >= 11 is 0. The Kier molecular flexibility index (Phi) is 22.2. The maximum absolute atomic E-state index is 6.69. The molecule has 7 aromatic carbocycles. The van der Waals surface area contributed by atoms with Crippen LogP contribution in [-0.2, 0) is 30.9 Å². The van der Waals surface area contributed by atoms with Crippen LogP contribution in [0.1, 0.15) is 52.3 Å². The van der Waals surface area contributed by atoms with Gasteiger partial charge in [0.2, 0.25) is 0 Å². The molecule has 0 amide bonds. The fourth-order valence-electron chi connectivity index (χ4n) is 8.76. The van der Waals surface area contributed by atoms with E-state index in [4.69, 9.17) is 43.9 Å². The summed E-state index contributed by atoms with van der Waals surface area (Å²) in [5, 5.41) is 0. The van der Waals surface area contributed by atoms with Crippen molar-refractivity contribution in [2.45, 2.75) is 12.8 Å². The van der Waals surface area contributed by atoms with Crippen LogP contribution in [0.2, 0.25) is 0 Å². The number of ether oxygens (including phenoxy) is 1. The van der Waals surface area contributed by atoms with Crippen molar-refractivity contribution >= 4 is 46.4 Å². The molecule has 0 N–H and O–H groups in total. The molecule has 0 aliphatic carbocycles. The third-order valence-corrected chi connectivity index (χ3v) is 12.4. The fourth-order valence-corrected chi connectivity index (χ4v) is 8.76. The van der Waals surface area contributed by atoms with Crippen molar-refractivity contribution in [2.24, 2.45) is 0 Å². The van der Waals surface area contributed by atoms with E-state index in [9.17, 15) is 0 Å². The molecule has 5 nitrogen and oxygen atoms in total. The second kappa shape index (κ2) is 30.3. The van der Waals surface area contributed by atoms with Gasteiger partial charge in [0, 0.05) is 13.2 Å². The van der Waals surface area contributed by atoms with E-state index in [0.717, 1.165) is 119 Å². The summed E-state index contributed by atoms with van der Waals surface area (Å²) in [6.45, 7) is 2.00. The Morgan fingerprint density at radius 2 is 0.532 bits per heavy atom. The predicted molar refractivity (Wildman–Crippen MR) is 317 cm³/mol. The van der Waals surface area contributed by atoms with Gasteiger partial charge in [-0.05, 0) is 81.7 Å². The molecule has 0 radical (unpaired) electrons. The third-order valence-electron chi connectivity index (χ3n) is 12.4. The van der Waals surface area contributed by atoms with E-state index in [1.807, 2.05) is 115 Å². The Morgan fingerprint density at radius 3 is 0.709 bits per heavy atom. The maximum Gasteiger partial charge on any atom is 4.00 e. The maximum atomic E-state index is 6.69. The van der Waals surface area contributed by atoms with Crippen molar-refractivity contribution in [3.8, 4) is 62.3 Å². The van der Waals surface area contributed by atoms with Crippen molar-refractivity contribution in [3.63, 3.8) is 0 Å². The molecule has 0 unspecified atom stereocenters. The molecule has 3 aromatic heterocycles. The van der Waals surface area contributed by atoms with Crippen molar-refractivity contribution in [1.29, 1.82) is 0 Å². The van der Waals surface area contributed by atoms with Crippen LogP contribution >= 0.6 is 0 Å². The summed E-state index contributed by atoms with van der Waals surface area (Å²) < 4.78 is 4.94. The SMILES string of the molecule is C1=Cc2nc1c(-c1ccccc1)c1ccc([n-]1)c(-c1ccccc1)c1nc(c(-c3ccccc3)c3ccc([n-]3)c2-c2ccccc2)C=C1.C1CCOC1.[C-]#Cc1ccccc1.[C-]#Cc1ccccc1.[C-]#Cc1ccccc1.[Li+].[Zr+4]. The first-order valence-electron chi connectivity index (χ1n) is 25.4. The first-order valence-corrected chi connectivity index (χ1v) is 25.4. The largest absolute Gasteiger partial charge is 4.00 e. The Hall–Kier alpha value is -8.74. The summed E-state index contributed by atoms with van der Waals surface area (Å²) in [5.74, 6) is 6.83. The molecule has 1 saturated heterocycles. The summed E-state index contributed by atoms with van der Waals surface area (Å²) in [6, 6.07) is 78.1. The molecule has 10 aromatic rings. The van der Waals surface area contributed by atoms with E-state index in [0.29, 0.717) is 0 Å². The molecular weight excluding hydrogens is 1030 g/mol. The number of aromatic nitrogens is 4. The first kappa shape index (κ1) is 58.0. The Balaban J connectivity index is 0.000000235. The van der Waals surface area contributed by atoms with E-state index < -0.39 is 0 Å². The molecule has 0 atom stereocenters. The van der Waals surface area contributed by atoms with Crippen LogP contribution < -0.4 is 28.8 Å². The van der Waals surface area contributed by atoms with E-state index in [2.05, 4.69) is 163 Å².